The van der Waals surface area contributed by atoms with Crippen LogP contribution in [0.25, 0.3) is 0 Å². The molecule has 116 valence electrons. The molecule has 1 N–H and O–H groups in total. The molecule has 6 heteroatoms. The van der Waals surface area contributed by atoms with Gasteiger partial charge >= 0.3 is 0 Å². The van der Waals surface area contributed by atoms with Crippen LogP contribution in [0.3, 0.4) is 0 Å². The summed E-state index contributed by atoms with van der Waals surface area (Å²) in [6, 6.07) is 15.7. The molecular weight excluding hydrogens is 300 g/mol. The monoisotopic (exact) mass is 318 g/mol. The molecule has 0 aromatic heterocycles. The Morgan fingerprint density at radius 2 is 1.64 bits per heavy atom. The average molecular weight is 318 g/mol. The molecule has 0 saturated heterocycles. The molecule has 22 heavy (non-hydrogen) atoms. The summed E-state index contributed by atoms with van der Waals surface area (Å²) in [7, 11) is -1.39. The van der Waals surface area contributed by atoms with Crippen molar-refractivity contribution in [3.63, 3.8) is 0 Å². The number of likely N-dealkylation sites (N-methyl/N-ethyl adjacent to an activating group) is 1. The largest absolute Gasteiger partial charge is 0.365 e. The molecule has 1 amide bonds. The van der Waals surface area contributed by atoms with E-state index >= 15 is 0 Å². The first-order valence-corrected chi connectivity index (χ1v) is 8.61. The molecule has 5 nitrogen and oxygen atoms in total. The Hall–Kier alpha value is -2.34. The number of benzene rings is 2. The first-order valence-electron chi connectivity index (χ1n) is 6.72. The molecule has 2 aromatic rings. The van der Waals surface area contributed by atoms with Crippen LogP contribution in [0.1, 0.15) is 0 Å². The molecule has 2 aromatic carbocycles. The maximum atomic E-state index is 12.0. The van der Waals surface area contributed by atoms with Crippen LogP contribution in [0.15, 0.2) is 59.5 Å². The van der Waals surface area contributed by atoms with Crippen molar-refractivity contribution in [1.82, 2.24) is 0 Å². The van der Waals surface area contributed by atoms with Gasteiger partial charge in [0, 0.05) is 24.7 Å². The van der Waals surface area contributed by atoms with Gasteiger partial charge in [0.15, 0.2) is 9.84 Å². The molecule has 0 fully saturated rings. The highest BCUT2D eigenvalue weighted by atomic mass is 32.2. The summed E-state index contributed by atoms with van der Waals surface area (Å²) in [5.41, 5.74) is 1.52. The molecule has 0 unspecified atom stereocenters. The molecule has 0 heterocycles. The molecule has 2 rings (SSSR count). The third-order valence-corrected chi connectivity index (χ3v) is 4.27. The fraction of sp³-hybridized carbons (Fsp3) is 0.188. The predicted octanol–water partition coefficient (Wildman–Crippen LogP) is 2.17. The molecule has 0 aliphatic heterocycles. The summed E-state index contributed by atoms with van der Waals surface area (Å²) >= 11 is 0. The lowest BCUT2D eigenvalue weighted by Gasteiger charge is -2.18. The smallest absolute Gasteiger partial charge is 0.243 e. The highest BCUT2D eigenvalue weighted by Gasteiger charge is 2.09. The summed E-state index contributed by atoms with van der Waals surface area (Å²) in [5.74, 6) is -0.168. The number of nitrogens with one attached hydrogen (secondary N) is 1. The number of para-hydroxylation sites is 1. The number of amides is 1. The van der Waals surface area contributed by atoms with E-state index in [2.05, 4.69) is 5.32 Å². The zero-order valence-corrected chi connectivity index (χ0v) is 13.3. The van der Waals surface area contributed by atoms with Crippen molar-refractivity contribution in [2.75, 3.05) is 30.1 Å². The third kappa shape index (κ3) is 4.33. The maximum absolute atomic E-state index is 12.0. The number of carbonyl (C=O) groups is 1. The quantitative estimate of drug-likeness (QED) is 0.917. The van der Waals surface area contributed by atoms with E-state index in [0.717, 1.165) is 11.9 Å². The lowest BCUT2D eigenvalue weighted by Crippen LogP contribution is -2.29. The fourth-order valence-corrected chi connectivity index (χ4v) is 2.61. The van der Waals surface area contributed by atoms with Crippen LogP contribution in [-0.4, -0.2) is 34.2 Å². The van der Waals surface area contributed by atoms with E-state index in [1.165, 1.54) is 12.1 Å². The number of carbonyl (C=O) groups excluding carboxylic acids is 1. The van der Waals surface area contributed by atoms with Crippen LogP contribution in [0.2, 0.25) is 0 Å². The van der Waals surface area contributed by atoms with Gasteiger partial charge in [-0.15, -0.1) is 0 Å². The number of nitrogens with zero attached hydrogens (tertiary/aromatic N) is 1. The van der Waals surface area contributed by atoms with Gasteiger partial charge < -0.3 is 10.2 Å². The Balaban J connectivity index is 1.98. The minimum atomic E-state index is -3.22. The predicted molar refractivity (Wildman–Crippen MR) is 87.9 cm³/mol. The van der Waals surface area contributed by atoms with Gasteiger partial charge in [-0.2, -0.15) is 0 Å². The third-order valence-electron chi connectivity index (χ3n) is 3.14. The zero-order valence-electron chi connectivity index (χ0n) is 12.5. The van der Waals surface area contributed by atoms with Gasteiger partial charge in [-0.25, -0.2) is 8.42 Å². The highest BCUT2D eigenvalue weighted by molar-refractivity contribution is 7.90. The molecule has 0 radical (unpaired) electrons. The normalized spacial score (nSPS) is 11.0. The molecule has 0 spiro atoms. The Labute approximate surface area is 130 Å². The van der Waals surface area contributed by atoms with Crippen LogP contribution in [0, 0.1) is 0 Å². The van der Waals surface area contributed by atoms with E-state index in [9.17, 15) is 13.2 Å². The first kappa shape index (κ1) is 16.0. The van der Waals surface area contributed by atoms with Crippen molar-refractivity contribution < 1.29 is 13.2 Å². The Kier molecular flexibility index (Phi) is 4.82. The second-order valence-electron chi connectivity index (χ2n) is 5.04. The molecule has 0 aliphatic rings. The second kappa shape index (κ2) is 6.62. The van der Waals surface area contributed by atoms with Crippen molar-refractivity contribution in [1.29, 1.82) is 0 Å². The minimum Gasteiger partial charge on any atom is -0.365 e. The van der Waals surface area contributed by atoms with E-state index in [-0.39, 0.29) is 17.3 Å². The number of sulfone groups is 1. The summed E-state index contributed by atoms with van der Waals surface area (Å²) in [4.78, 5) is 14.1. The highest BCUT2D eigenvalue weighted by Crippen LogP contribution is 2.14. The molecular formula is C16H18N2O3S. The summed E-state index contributed by atoms with van der Waals surface area (Å²) < 4.78 is 22.7. The van der Waals surface area contributed by atoms with Crippen molar-refractivity contribution in [2.45, 2.75) is 4.90 Å². The maximum Gasteiger partial charge on any atom is 0.243 e. The lowest BCUT2D eigenvalue weighted by molar-refractivity contribution is -0.114. The van der Waals surface area contributed by atoms with Gasteiger partial charge in [-0.1, -0.05) is 18.2 Å². The molecule has 0 aliphatic carbocycles. The van der Waals surface area contributed by atoms with E-state index < -0.39 is 9.84 Å². The average Bonchev–Trinajstić information content (AvgIpc) is 2.47. The van der Waals surface area contributed by atoms with Crippen molar-refractivity contribution in [2.24, 2.45) is 0 Å². The number of hydrogen-bond donors (Lipinski definition) is 1. The first-order chi connectivity index (χ1) is 10.4. The molecule has 0 bridgehead atoms. The molecule has 0 saturated carbocycles. The van der Waals surface area contributed by atoms with Gasteiger partial charge in [0.25, 0.3) is 0 Å². The standard InChI is InChI=1S/C16H18N2O3S/c1-18(14-6-4-3-5-7-14)12-16(19)17-13-8-10-15(11-9-13)22(2,20)21/h3-11H,12H2,1-2H3,(H,17,19). The Morgan fingerprint density at radius 3 is 2.18 bits per heavy atom. The Bertz CT molecular complexity index is 741. The van der Waals surface area contributed by atoms with Gasteiger partial charge in [0.05, 0.1) is 11.4 Å². The van der Waals surface area contributed by atoms with Gasteiger partial charge in [-0.05, 0) is 36.4 Å². The van der Waals surface area contributed by atoms with E-state index in [1.54, 1.807) is 12.1 Å². The van der Waals surface area contributed by atoms with Crippen LogP contribution >= 0.6 is 0 Å². The number of anilines is 2. The zero-order chi connectivity index (χ0) is 16.2. The summed E-state index contributed by atoms with van der Waals surface area (Å²) in [6.07, 6.45) is 1.15. The summed E-state index contributed by atoms with van der Waals surface area (Å²) in [5, 5.41) is 2.75. The van der Waals surface area contributed by atoms with Crippen molar-refractivity contribution >= 4 is 27.1 Å². The number of rotatable bonds is 5. The summed E-state index contributed by atoms with van der Waals surface area (Å²) in [6.45, 7) is 0.206. The minimum absolute atomic E-state index is 0.168. The fourth-order valence-electron chi connectivity index (χ4n) is 1.98. The van der Waals surface area contributed by atoms with Gasteiger partial charge in [0.2, 0.25) is 5.91 Å². The Morgan fingerprint density at radius 1 is 1.05 bits per heavy atom. The SMILES string of the molecule is CN(CC(=O)Nc1ccc(S(C)(=O)=O)cc1)c1ccccc1. The van der Waals surface area contributed by atoms with Gasteiger partial charge in [0.1, 0.15) is 0 Å². The van der Waals surface area contributed by atoms with Crippen LogP contribution in [0.4, 0.5) is 11.4 Å². The van der Waals surface area contributed by atoms with Crippen LogP contribution in [0.5, 0.6) is 0 Å². The van der Waals surface area contributed by atoms with E-state index in [1.807, 2.05) is 42.3 Å². The lowest BCUT2D eigenvalue weighted by atomic mass is 10.3. The topological polar surface area (TPSA) is 66.5 Å². The van der Waals surface area contributed by atoms with Crippen molar-refractivity contribution in [3.05, 3.63) is 54.6 Å². The van der Waals surface area contributed by atoms with E-state index in [0.29, 0.717) is 5.69 Å². The van der Waals surface area contributed by atoms with E-state index in [4.69, 9.17) is 0 Å². The second-order valence-corrected chi connectivity index (χ2v) is 7.05. The van der Waals surface area contributed by atoms with Crippen molar-refractivity contribution in [3.8, 4) is 0 Å². The van der Waals surface area contributed by atoms with Gasteiger partial charge in [-0.3, -0.25) is 4.79 Å². The van der Waals surface area contributed by atoms with Crippen LogP contribution < -0.4 is 10.2 Å². The number of hydrogen-bond acceptors (Lipinski definition) is 4. The molecule has 0 atom stereocenters. The van der Waals surface area contributed by atoms with Crippen LogP contribution in [-0.2, 0) is 14.6 Å².